The number of pyridine rings is 1. The quantitative estimate of drug-likeness (QED) is 0.856. The van der Waals surface area contributed by atoms with E-state index in [1.54, 1.807) is 10.6 Å². The van der Waals surface area contributed by atoms with Crippen molar-refractivity contribution in [3.63, 3.8) is 0 Å². The number of hydrogen-bond donors (Lipinski definition) is 1. The van der Waals surface area contributed by atoms with Crippen LogP contribution in [0.3, 0.4) is 0 Å². The van der Waals surface area contributed by atoms with Crippen molar-refractivity contribution in [2.24, 2.45) is 0 Å². The van der Waals surface area contributed by atoms with E-state index in [0.717, 1.165) is 18.8 Å². The fourth-order valence-corrected chi connectivity index (χ4v) is 2.31. The number of carboxylic acids is 1. The fraction of sp³-hybridized carbons (Fsp3) is 0.412. The largest absolute Gasteiger partial charge is 0.478 e. The zero-order valence-electron chi connectivity index (χ0n) is 13.6. The Morgan fingerprint density at radius 3 is 2.50 bits per heavy atom. The van der Waals surface area contributed by atoms with Crippen LogP contribution in [0.5, 0.6) is 0 Å². The zero-order valence-corrected chi connectivity index (χ0v) is 13.6. The Balaban J connectivity index is 0.000000435. The molecule has 0 radical (unpaired) electrons. The molecule has 1 saturated heterocycles. The predicted octanol–water partition coefficient (Wildman–Crippen LogP) is 3.85. The van der Waals surface area contributed by atoms with Gasteiger partial charge in [-0.3, -0.25) is 0 Å². The van der Waals surface area contributed by atoms with E-state index in [-0.39, 0.29) is 5.56 Å². The molecule has 22 heavy (non-hydrogen) atoms. The topological polar surface area (TPSA) is 57.8 Å². The number of aromatic nitrogens is 2. The minimum absolute atomic E-state index is 0.256. The van der Waals surface area contributed by atoms with Crippen LogP contribution < -0.4 is 4.90 Å². The van der Waals surface area contributed by atoms with Crippen LogP contribution in [-0.4, -0.2) is 33.8 Å². The number of carboxylic acid groups (broad SMARTS) is 1. The summed E-state index contributed by atoms with van der Waals surface area (Å²) in [5, 5.41) is 13.1. The third kappa shape index (κ3) is 4.10. The van der Waals surface area contributed by atoms with Crippen molar-refractivity contribution in [3.8, 4) is 0 Å². The molecule has 0 bridgehead atoms. The van der Waals surface area contributed by atoms with Crippen LogP contribution in [0.15, 0.2) is 37.2 Å². The summed E-state index contributed by atoms with van der Waals surface area (Å²) in [7, 11) is 0. The highest BCUT2D eigenvalue weighted by Crippen LogP contribution is 2.23. The third-order valence-corrected chi connectivity index (χ3v) is 3.21. The molecule has 0 amide bonds. The Kier molecular flexibility index (Phi) is 7.16. The Hall–Kier alpha value is -2.30. The molecule has 1 aliphatic heterocycles. The minimum Gasteiger partial charge on any atom is -0.478 e. The molecular formula is C17H25N3O2. The molecule has 1 fully saturated rings. The number of rotatable bonds is 2. The van der Waals surface area contributed by atoms with Crippen molar-refractivity contribution in [3.05, 3.63) is 42.7 Å². The summed E-state index contributed by atoms with van der Waals surface area (Å²) >= 11 is 0. The van der Waals surface area contributed by atoms with Gasteiger partial charge in [-0.15, -0.1) is 6.58 Å². The van der Waals surface area contributed by atoms with Gasteiger partial charge in [0.2, 0.25) is 0 Å². The lowest BCUT2D eigenvalue weighted by atomic mass is 10.2. The van der Waals surface area contributed by atoms with Crippen LogP contribution >= 0.6 is 0 Å². The molecule has 0 saturated carbocycles. The molecule has 5 heteroatoms. The Morgan fingerprint density at radius 2 is 1.95 bits per heavy atom. The van der Waals surface area contributed by atoms with Gasteiger partial charge >= 0.3 is 5.97 Å². The Labute approximate surface area is 131 Å². The van der Waals surface area contributed by atoms with Gasteiger partial charge < -0.3 is 10.0 Å². The zero-order chi connectivity index (χ0) is 16.5. The molecule has 3 heterocycles. The van der Waals surface area contributed by atoms with Gasteiger partial charge in [0.25, 0.3) is 0 Å². The van der Waals surface area contributed by atoms with E-state index < -0.39 is 5.97 Å². The first-order valence-electron chi connectivity index (χ1n) is 7.70. The van der Waals surface area contributed by atoms with E-state index >= 15 is 0 Å². The lowest BCUT2D eigenvalue weighted by molar-refractivity contribution is 0.0699. The van der Waals surface area contributed by atoms with E-state index in [4.69, 9.17) is 5.11 Å². The average Bonchev–Trinajstić information content (AvgIpc) is 3.19. The lowest BCUT2D eigenvalue weighted by Crippen LogP contribution is -2.17. The summed E-state index contributed by atoms with van der Waals surface area (Å²) in [5.74, 6) is -0.932. The van der Waals surface area contributed by atoms with Gasteiger partial charge in [-0.1, -0.05) is 19.9 Å². The number of hydrogen-bond acceptors (Lipinski definition) is 3. The molecule has 0 atom stereocenters. The molecule has 5 nitrogen and oxygen atoms in total. The molecule has 1 aliphatic rings. The highest BCUT2D eigenvalue weighted by atomic mass is 16.4. The van der Waals surface area contributed by atoms with Crippen molar-refractivity contribution in [1.29, 1.82) is 0 Å². The second-order valence-electron chi connectivity index (χ2n) is 4.68. The fourth-order valence-electron chi connectivity index (χ4n) is 2.31. The van der Waals surface area contributed by atoms with Crippen LogP contribution in [0.2, 0.25) is 0 Å². The van der Waals surface area contributed by atoms with Crippen LogP contribution in [0, 0.1) is 0 Å². The highest BCUT2D eigenvalue weighted by Gasteiger charge is 2.15. The average molecular weight is 303 g/mol. The number of nitrogens with zero attached hydrogens (tertiary/aromatic N) is 3. The second-order valence-corrected chi connectivity index (χ2v) is 4.68. The molecule has 2 aromatic rings. The van der Waals surface area contributed by atoms with Gasteiger partial charge in [0, 0.05) is 25.0 Å². The van der Waals surface area contributed by atoms with E-state index in [9.17, 15) is 4.79 Å². The first kappa shape index (κ1) is 17.8. The molecule has 3 rings (SSSR count). The smallest absolute Gasteiger partial charge is 0.339 e. The van der Waals surface area contributed by atoms with E-state index in [2.05, 4.69) is 16.6 Å². The number of aromatic carboxylic acids is 1. The molecule has 1 N–H and O–H groups in total. The van der Waals surface area contributed by atoms with Crippen LogP contribution in [0.1, 0.15) is 44.0 Å². The minimum atomic E-state index is -0.932. The summed E-state index contributed by atoms with van der Waals surface area (Å²) in [6.45, 7) is 11.3. The van der Waals surface area contributed by atoms with Gasteiger partial charge in [-0.2, -0.15) is 5.10 Å². The standard InChI is InChI=1S/C12H13N3O2.C3H6.C2H6/c16-12(17)10-8-13-15-6-3-9(7-11(10)15)14-4-1-2-5-14;1-3-2;1-2/h3,6-8H,1-2,4-5H2,(H,16,17);3H,1H2,2H3;1-2H3. The summed E-state index contributed by atoms with van der Waals surface area (Å²) in [6, 6.07) is 3.89. The van der Waals surface area contributed by atoms with Crippen molar-refractivity contribution in [2.75, 3.05) is 18.0 Å². The Morgan fingerprint density at radius 1 is 1.36 bits per heavy atom. The van der Waals surface area contributed by atoms with Gasteiger partial charge in [-0.25, -0.2) is 9.31 Å². The molecule has 2 aromatic heterocycles. The monoisotopic (exact) mass is 303 g/mol. The van der Waals surface area contributed by atoms with Crippen molar-refractivity contribution < 1.29 is 9.90 Å². The maximum Gasteiger partial charge on any atom is 0.339 e. The SMILES string of the molecule is C=CC.CC.O=C(O)c1cnn2ccc(N3CCCC3)cc12. The Bertz CT molecular complexity index is 613. The van der Waals surface area contributed by atoms with Crippen LogP contribution in [-0.2, 0) is 0 Å². The predicted molar refractivity (Wildman–Crippen MR) is 90.8 cm³/mol. The van der Waals surface area contributed by atoms with Gasteiger partial charge in [0.05, 0.1) is 11.7 Å². The molecule has 0 aliphatic carbocycles. The van der Waals surface area contributed by atoms with Gasteiger partial charge in [-0.05, 0) is 31.9 Å². The van der Waals surface area contributed by atoms with E-state index in [1.807, 2.05) is 39.1 Å². The van der Waals surface area contributed by atoms with Crippen LogP contribution in [0.25, 0.3) is 5.52 Å². The van der Waals surface area contributed by atoms with E-state index in [1.165, 1.54) is 19.0 Å². The molecule has 0 unspecified atom stereocenters. The molecule has 120 valence electrons. The molecule has 0 spiro atoms. The number of carbonyl (C=O) groups is 1. The summed E-state index contributed by atoms with van der Waals surface area (Å²) < 4.78 is 1.60. The van der Waals surface area contributed by atoms with Crippen molar-refractivity contribution >= 4 is 17.2 Å². The molecular weight excluding hydrogens is 278 g/mol. The third-order valence-electron chi connectivity index (χ3n) is 3.21. The molecule has 0 aromatic carbocycles. The normalized spacial score (nSPS) is 13.0. The second kappa shape index (κ2) is 8.87. The first-order chi connectivity index (χ1) is 10.7. The van der Waals surface area contributed by atoms with Gasteiger partial charge in [0.15, 0.2) is 0 Å². The van der Waals surface area contributed by atoms with Crippen LogP contribution in [0.4, 0.5) is 5.69 Å². The maximum atomic E-state index is 11.0. The van der Waals surface area contributed by atoms with Crippen molar-refractivity contribution in [1.82, 2.24) is 9.61 Å². The van der Waals surface area contributed by atoms with Gasteiger partial charge in [0.1, 0.15) is 5.56 Å². The van der Waals surface area contributed by atoms with E-state index in [0.29, 0.717) is 5.52 Å². The number of allylic oxidation sites excluding steroid dienone is 1. The lowest BCUT2D eigenvalue weighted by Gasteiger charge is -2.17. The maximum absolute atomic E-state index is 11.0. The highest BCUT2D eigenvalue weighted by molar-refractivity contribution is 5.95. The number of anilines is 1. The summed E-state index contributed by atoms with van der Waals surface area (Å²) in [4.78, 5) is 13.3. The first-order valence-corrected chi connectivity index (χ1v) is 7.70. The van der Waals surface area contributed by atoms with Crippen molar-refractivity contribution in [2.45, 2.75) is 33.6 Å². The summed E-state index contributed by atoms with van der Waals surface area (Å²) in [6.07, 6.45) is 7.37. The number of fused-ring (bicyclic) bond motifs is 1. The summed E-state index contributed by atoms with van der Waals surface area (Å²) in [5.41, 5.74) is 1.99.